The van der Waals surface area contributed by atoms with Gasteiger partial charge in [0.15, 0.2) is 0 Å². The van der Waals surface area contributed by atoms with Gasteiger partial charge in [-0.15, -0.1) is 23.2 Å². The highest BCUT2D eigenvalue weighted by molar-refractivity contribution is 6.30. The minimum Gasteiger partial charge on any atom is -0.330 e. The van der Waals surface area contributed by atoms with Crippen LogP contribution in [0, 0.1) is 17.8 Å². The van der Waals surface area contributed by atoms with Gasteiger partial charge < -0.3 is 11.1 Å². The minimum absolute atomic E-state index is 0.143. The van der Waals surface area contributed by atoms with E-state index in [2.05, 4.69) is 5.32 Å². The zero-order chi connectivity index (χ0) is 13.0. The lowest BCUT2D eigenvalue weighted by Crippen LogP contribution is -2.37. The van der Waals surface area contributed by atoms with E-state index in [1.807, 2.05) is 0 Å². The Hall–Kier alpha value is 0.500. The highest BCUT2D eigenvalue weighted by atomic mass is 35.5. The lowest BCUT2D eigenvalue weighted by molar-refractivity contribution is 0.203. The summed E-state index contributed by atoms with van der Waals surface area (Å²) >= 11 is 12.5. The molecule has 1 heterocycles. The molecule has 5 atom stereocenters. The molecule has 0 bridgehead atoms. The minimum atomic E-state index is 0.143. The highest BCUT2D eigenvalue weighted by Crippen LogP contribution is 2.38. The summed E-state index contributed by atoms with van der Waals surface area (Å²) in [6.45, 7) is 3.16. The van der Waals surface area contributed by atoms with Crippen molar-refractivity contribution >= 4 is 23.2 Å². The van der Waals surface area contributed by atoms with E-state index in [4.69, 9.17) is 28.9 Å². The third kappa shape index (κ3) is 4.00. The van der Waals surface area contributed by atoms with Gasteiger partial charge in [-0.05, 0) is 75.9 Å². The summed E-state index contributed by atoms with van der Waals surface area (Å²) in [4.78, 5) is 0. The molecule has 0 aromatic carbocycles. The van der Waals surface area contributed by atoms with Crippen LogP contribution in [0.25, 0.3) is 0 Å². The first-order valence-electron chi connectivity index (χ1n) is 7.39. The van der Waals surface area contributed by atoms with Gasteiger partial charge in [0.25, 0.3) is 0 Å². The molecule has 4 heteroatoms. The molecule has 1 aliphatic carbocycles. The second-order valence-electron chi connectivity index (χ2n) is 6.05. The molecule has 4 unspecified atom stereocenters. The van der Waals surface area contributed by atoms with Crippen molar-refractivity contribution in [3.63, 3.8) is 0 Å². The molecule has 0 amide bonds. The zero-order valence-electron chi connectivity index (χ0n) is 11.1. The van der Waals surface area contributed by atoms with Crippen molar-refractivity contribution in [1.29, 1.82) is 0 Å². The van der Waals surface area contributed by atoms with Gasteiger partial charge in [-0.1, -0.05) is 0 Å². The Morgan fingerprint density at radius 1 is 1.17 bits per heavy atom. The van der Waals surface area contributed by atoms with Gasteiger partial charge in [0.2, 0.25) is 0 Å². The number of hydrogen-bond acceptors (Lipinski definition) is 2. The van der Waals surface area contributed by atoms with E-state index in [9.17, 15) is 0 Å². The summed E-state index contributed by atoms with van der Waals surface area (Å²) in [6.07, 6.45) is 7.26. The Kier molecular flexibility index (Phi) is 6.07. The summed E-state index contributed by atoms with van der Waals surface area (Å²) in [5.74, 6) is 2.14. The van der Waals surface area contributed by atoms with Crippen molar-refractivity contribution in [3.05, 3.63) is 0 Å². The maximum Gasteiger partial charge on any atom is 0.0502 e. The monoisotopic (exact) mass is 292 g/mol. The van der Waals surface area contributed by atoms with Gasteiger partial charge in [-0.25, -0.2) is 0 Å². The lowest BCUT2D eigenvalue weighted by Gasteiger charge is -2.36. The summed E-state index contributed by atoms with van der Waals surface area (Å²) < 4.78 is 0. The summed E-state index contributed by atoms with van der Waals surface area (Å²) in [7, 11) is 0. The quantitative estimate of drug-likeness (QED) is 0.782. The van der Waals surface area contributed by atoms with Crippen LogP contribution in [-0.2, 0) is 0 Å². The second kappa shape index (κ2) is 7.33. The smallest absolute Gasteiger partial charge is 0.0502 e. The number of nitrogens with one attached hydrogen (secondary N) is 1. The van der Waals surface area contributed by atoms with Crippen LogP contribution < -0.4 is 11.1 Å². The Labute approximate surface area is 121 Å². The van der Waals surface area contributed by atoms with Crippen molar-refractivity contribution in [3.8, 4) is 0 Å². The Bertz CT molecular complexity index is 244. The second-order valence-corrected chi connectivity index (χ2v) is 7.17. The van der Waals surface area contributed by atoms with E-state index in [1.54, 1.807) is 0 Å². The van der Waals surface area contributed by atoms with E-state index in [0.29, 0.717) is 11.8 Å². The van der Waals surface area contributed by atoms with Gasteiger partial charge in [0.05, 0.1) is 5.38 Å². The highest BCUT2D eigenvalue weighted by Gasteiger charge is 2.33. The van der Waals surface area contributed by atoms with Gasteiger partial charge in [0.1, 0.15) is 0 Å². The van der Waals surface area contributed by atoms with E-state index in [-0.39, 0.29) is 10.8 Å². The van der Waals surface area contributed by atoms with Crippen LogP contribution in [0.4, 0.5) is 0 Å². The third-order valence-corrected chi connectivity index (χ3v) is 5.87. The van der Waals surface area contributed by atoms with Crippen LogP contribution in [-0.4, -0.2) is 30.4 Å². The molecular formula is C14H26Cl2N2. The van der Waals surface area contributed by atoms with Crippen molar-refractivity contribution < 1.29 is 0 Å². The molecule has 1 aliphatic heterocycles. The Morgan fingerprint density at radius 2 is 2.00 bits per heavy atom. The van der Waals surface area contributed by atoms with Crippen molar-refractivity contribution in [1.82, 2.24) is 5.32 Å². The van der Waals surface area contributed by atoms with Crippen molar-refractivity contribution in [2.45, 2.75) is 49.3 Å². The molecule has 0 radical (unpaired) electrons. The van der Waals surface area contributed by atoms with Crippen LogP contribution in [0.5, 0.6) is 0 Å². The fourth-order valence-corrected chi connectivity index (χ4v) is 4.16. The van der Waals surface area contributed by atoms with Crippen molar-refractivity contribution in [2.75, 3.05) is 19.6 Å². The van der Waals surface area contributed by atoms with E-state index in [0.717, 1.165) is 25.3 Å². The summed E-state index contributed by atoms with van der Waals surface area (Å²) in [5.41, 5.74) is 6.00. The average molecular weight is 293 g/mol. The zero-order valence-corrected chi connectivity index (χ0v) is 12.6. The molecule has 2 nitrogen and oxygen atoms in total. The predicted octanol–water partition coefficient (Wildman–Crippen LogP) is 2.97. The van der Waals surface area contributed by atoms with Crippen molar-refractivity contribution in [2.24, 2.45) is 23.5 Å². The van der Waals surface area contributed by atoms with Crippen LogP contribution in [0.15, 0.2) is 0 Å². The maximum absolute atomic E-state index is 6.32. The van der Waals surface area contributed by atoms with E-state index >= 15 is 0 Å². The molecule has 2 fully saturated rings. The first-order chi connectivity index (χ1) is 8.70. The fraction of sp³-hybridized carbons (Fsp3) is 1.00. The van der Waals surface area contributed by atoms with E-state index in [1.165, 1.54) is 38.8 Å². The van der Waals surface area contributed by atoms with Gasteiger partial charge in [-0.2, -0.15) is 0 Å². The molecule has 18 heavy (non-hydrogen) atoms. The Balaban J connectivity index is 1.83. The molecule has 1 saturated carbocycles. The first kappa shape index (κ1) is 14.9. The molecule has 2 rings (SSSR count). The van der Waals surface area contributed by atoms with Gasteiger partial charge >= 0.3 is 0 Å². The maximum atomic E-state index is 6.32. The topological polar surface area (TPSA) is 38.0 Å². The molecule has 0 aromatic rings. The number of piperidine rings is 1. The van der Waals surface area contributed by atoms with E-state index < -0.39 is 0 Å². The Morgan fingerprint density at radius 3 is 2.61 bits per heavy atom. The lowest BCUT2D eigenvalue weighted by atomic mass is 9.75. The van der Waals surface area contributed by atoms with Crippen LogP contribution in [0.3, 0.4) is 0 Å². The number of hydrogen-bond donors (Lipinski definition) is 2. The molecular weight excluding hydrogens is 267 g/mol. The van der Waals surface area contributed by atoms with Crippen LogP contribution >= 0.6 is 23.2 Å². The molecule has 2 aliphatic rings. The number of halogens is 2. The average Bonchev–Trinajstić information content (AvgIpc) is 2.40. The molecule has 1 saturated heterocycles. The third-order valence-electron chi connectivity index (χ3n) is 4.74. The molecule has 0 spiro atoms. The standard InChI is InChI=1S/C14H26Cl2N2/c15-13-4-3-11(7-14(13)16)12(8-17)6-10-2-1-5-18-9-10/h10-14,18H,1-9,17H2/t10?,11-,12?,13?,14?/m1/s1. The van der Waals surface area contributed by atoms with Gasteiger partial charge in [0, 0.05) is 5.38 Å². The number of rotatable bonds is 4. The van der Waals surface area contributed by atoms with Crippen LogP contribution in [0.1, 0.15) is 38.5 Å². The van der Waals surface area contributed by atoms with Crippen LogP contribution in [0.2, 0.25) is 0 Å². The summed E-state index contributed by atoms with van der Waals surface area (Å²) in [5, 5.41) is 3.80. The van der Waals surface area contributed by atoms with Gasteiger partial charge in [-0.3, -0.25) is 0 Å². The normalized spacial score (nSPS) is 39.5. The SMILES string of the molecule is NCC(CC1CCCNC1)[C@@H]1CCC(Cl)C(Cl)C1. The largest absolute Gasteiger partial charge is 0.330 e. The predicted molar refractivity (Wildman–Crippen MR) is 79.4 cm³/mol. The molecule has 0 aromatic heterocycles. The number of nitrogens with two attached hydrogens (primary N) is 1. The molecule has 3 N–H and O–H groups in total. The number of alkyl halides is 2. The molecule has 106 valence electrons. The fourth-order valence-electron chi connectivity index (χ4n) is 3.57. The summed E-state index contributed by atoms with van der Waals surface area (Å²) in [6, 6.07) is 0. The first-order valence-corrected chi connectivity index (χ1v) is 8.27.